The van der Waals surface area contributed by atoms with E-state index in [-0.39, 0.29) is 0 Å². The van der Waals surface area contributed by atoms with Gasteiger partial charge in [-0.1, -0.05) is 19.8 Å². The van der Waals surface area contributed by atoms with Crippen molar-refractivity contribution in [2.75, 3.05) is 39.4 Å². The molecule has 3 heteroatoms. The second-order valence-electron chi connectivity index (χ2n) is 5.12. The van der Waals surface area contributed by atoms with E-state index in [0.717, 1.165) is 19.8 Å². The largest absolute Gasteiger partial charge is 0.379 e. The molecule has 1 N–H and O–H groups in total. The van der Waals surface area contributed by atoms with Crippen molar-refractivity contribution in [2.45, 2.75) is 52.0 Å². The Bertz CT molecular complexity index is 176. The molecular weight excluding hydrogens is 212 g/mol. The van der Waals surface area contributed by atoms with Gasteiger partial charge in [-0.05, 0) is 45.8 Å². The first kappa shape index (κ1) is 14.9. The van der Waals surface area contributed by atoms with Gasteiger partial charge in [-0.25, -0.2) is 0 Å². The summed E-state index contributed by atoms with van der Waals surface area (Å²) in [4.78, 5) is 2.57. The molecule has 0 spiro atoms. The number of ether oxygens (including phenoxy) is 1. The van der Waals surface area contributed by atoms with Gasteiger partial charge in [-0.3, -0.25) is 4.90 Å². The maximum Gasteiger partial charge on any atom is 0.0619 e. The van der Waals surface area contributed by atoms with Crippen molar-refractivity contribution >= 4 is 0 Å². The van der Waals surface area contributed by atoms with Gasteiger partial charge in [0.2, 0.25) is 0 Å². The smallest absolute Gasteiger partial charge is 0.0619 e. The molecule has 1 atom stereocenters. The lowest BCUT2D eigenvalue weighted by Crippen LogP contribution is -2.43. The van der Waals surface area contributed by atoms with Gasteiger partial charge in [-0.15, -0.1) is 0 Å². The highest BCUT2D eigenvalue weighted by Gasteiger charge is 2.17. The summed E-state index contributed by atoms with van der Waals surface area (Å²) in [6, 6.07) is 0.620. The molecule has 1 heterocycles. The van der Waals surface area contributed by atoms with Crippen LogP contribution in [0.3, 0.4) is 0 Å². The minimum atomic E-state index is 0.620. The fraction of sp³-hybridized carbons (Fsp3) is 1.00. The van der Waals surface area contributed by atoms with Gasteiger partial charge in [0.15, 0.2) is 0 Å². The van der Waals surface area contributed by atoms with Crippen molar-refractivity contribution in [3.05, 3.63) is 0 Å². The zero-order chi connectivity index (χ0) is 12.3. The topological polar surface area (TPSA) is 24.5 Å². The molecule has 1 rings (SSSR count). The zero-order valence-electron chi connectivity index (χ0n) is 11.7. The van der Waals surface area contributed by atoms with Crippen LogP contribution in [0.2, 0.25) is 0 Å². The molecule has 0 amide bonds. The van der Waals surface area contributed by atoms with Crippen molar-refractivity contribution in [1.29, 1.82) is 0 Å². The number of rotatable bonds is 9. The Hall–Kier alpha value is -0.120. The molecule has 0 saturated carbocycles. The Kier molecular flexibility index (Phi) is 8.67. The number of morpholine rings is 1. The number of hydrogen-bond acceptors (Lipinski definition) is 3. The summed E-state index contributed by atoms with van der Waals surface area (Å²) in [5.74, 6) is 0. The van der Waals surface area contributed by atoms with Crippen LogP contribution < -0.4 is 5.32 Å². The molecule has 1 saturated heterocycles. The SMILES string of the molecule is CCCNCCCCCCN1CCOCC1C. The Labute approximate surface area is 107 Å². The third kappa shape index (κ3) is 7.02. The first-order chi connectivity index (χ1) is 8.34. The molecule has 0 radical (unpaired) electrons. The van der Waals surface area contributed by atoms with E-state index in [1.165, 1.54) is 51.7 Å². The van der Waals surface area contributed by atoms with Gasteiger partial charge >= 0.3 is 0 Å². The molecule has 1 fully saturated rings. The third-order valence-corrected chi connectivity index (χ3v) is 3.48. The fourth-order valence-electron chi connectivity index (χ4n) is 2.31. The molecule has 1 unspecified atom stereocenters. The second-order valence-corrected chi connectivity index (χ2v) is 5.12. The first-order valence-corrected chi connectivity index (χ1v) is 7.37. The van der Waals surface area contributed by atoms with Gasteiger partial charge < -0.3 is 10.1 Å². The van der Waals surface area contributed by atoms with E-state index >= 15 is 0 Å². The van der Waals surface area contributed by atoms with E-state index in [0.29, 0.717) is 6.04 Å². The first-order valence-electron chi connectivity index (χ1n) is 7.37. The minimum absolute atomic E-state index is 0.620. The average Bonchev–Trinajstić information content (AvgIpc) is 2.35. The summed E-state index contributed by atoms with van der Waals surface area (Å²) in [5, 5.41) is 3.46. The quantitative estimate of drug-likeness (QED) is 0.628. The summed E-state index contributed by atoms with van der Waals surface area (Å²) >= 11 is 0. The normalized spacial score (nSPS) is 21.9. The lowest BCUT2D eigenvalue weighted by Gasteiger charge is -2.33. The van der Waals surface area contributed by atoms with Crippen LogP contribution in [-0.2, 0) is 4.74 Å². The molecule has 0 aromatic carbocycles. The maximum atomic E-state index is 5.44. The molecule has 0 bridgehead atoms. The van der Waals surface area contributed by atoms with E-state index < -0.39 is 0 Å². The van der Waals surface area contributed by atoms with Crippen LogP contribution in [0.5, 0.6) is 0 Å². The Morgan fingerprint density at radius 2 is 2.00 bits per heavy atom. The summed E-state index contributed by atoms with van der Waals surface area (Å²) in [5.41, 5.74) is 0. The highest BCUT2D eigenvalue weighted by Crippen LogP contribution is 2.08. The van der Waals surface area contributed by atoms with Crippen molar-refractivity contribution in [3.63, 3.8) is 0 Å². The monoisotopic (exact) mass is 242 g/mol. The van der Waals surface area contributed by atoms with Gasteiger partial charge in [0.1, 0.15) is 0 Å². The van der Waals surface area contributed by atoms with Crippen LogP contribution >= 0.6 is 0 Å². The molecule has 1 aliphatic rings. The highest BCUT2D eigenvalue weighted by atomic mass is 16.5. The van der Waals surface area contributed by atoms with Gasteiger partial charge in [0, 0.05) is 12.6 Å². The van der Waals surface area contributed by atoms with E-state index in [9.17, 15) is 0 Å². The Balaban J connectivity index is 1.86. The van der Waals surface area contributed by atoms with Gasteiger partial charge in [0.25, 0.3) is 0 Å². The van der Waals surface area contributed by atoms with Gasteiger partial charge in [-0.2, -0.15) is 0 Å². The zero-order valence-corrected chi connectivity index (χ0v) is 11.7. The predicted molar refractivity (Wildman–Crippen MR) is 73.5 cm³/mol. The maximum absolute atomic E-state index is 5.44. The van der Waals surface area contributed by atoms with Crippen LogP contribution in [-0.4, -0.2) is 50.3 Å². The van der Waals surface area contributed by atoms with Crippen molar-refractivity contribution < 1.29 is 4.74 Å². The highest BCUT2D eigenvalue weighted by molar-refractivity contribution is 4.70. The van der Waals surface area contributed by atoms with Crippen LogP contribution in [0, 0.1) is 0 Å². The van der Waals surface area contributed by atoms with Gasteiger partial charge in [0.05, 0.1) is 13.2 Å². The van der Waals surface area contributed by atoms with Crippen LogP contribution in [0.1, 0.15) is 46.0 Å². The summed E-state index contributed by atoms with van der Waals surface area (Å²) in [6.45, 7) is 11.1. The van der Waals surface area contributed by atoms with Crippen LogP contribution in [0.4, 0.5) is 0 Å². The van der Waals surface area contributed by atoms with E-state index in [1.54, 1.807) is 0 Å². The molecule has 1 aliphatic heterocycles. The standard InChI is InChI=1S/C14H30N2O/c1-3-8-15-9-6-4-5-7-10-16-11-12-17-13-14(16)2/h14-15H,3-13H2,1-2H3. The minimum Gasteiger partial charge on any atom is -0.379 e. The lowest BCUT2D eigenvalue weighted by molar-refractivity contribution is -0.000914. The molecule has 0 aromatic heterocycles. The van der Waals surface area contributed by atoms with Crippen molar-refractivity contribution in [3.8, 4) is 0 Å². The Morgan fingerprint density at radius 3 is 2.76 bits per heavy atom. The lowest BCUT2D eigenvalue weighted by atomic mass is 10.1. The van der Waals surface area contributed by atoms with Crippen LogP contribution in [0.25, 0.3) is 0 Å². The second kappa shape index (κ2) is 9.86. The predicted octanol–water partition coefficient (Wildman–Crippen LogP) is 2.27. The number of nitrogens with zero attached hydrogens (tertiary/aromatic N) is 1. The average molecular weight is 242 g/mol. The Morgan fingerprint density at radius 1 is 1.18 bits per heavy atom. The van der Waals surface area contributed by atoms with E-state index in [2.05, 4.69) is 24.1 Å². The summed E-state index contributed by atoms with van der Waals surface area (Å²) in [6.07, 6.45) is 6.67. The van der Waals surface area contributed by atoms with Crippen molar-refractivity contribution in [1.82, 2.24) is 10.2 Å². The van der Waals surface area contributed by atoms with Crippen LogP contribution in [0.15, 0.2) is 0 Å². The fourth-order valence-corrected chi connectivity index (χ4v) is 2.31. The summed E-state index contributed by atoms with van der Waals surface area (Å²) in [7, 11) is 0. The number of hydrogen-bond donors (Lipinski definition) is 1. The number of unbranched alkanes of at least 4 members (excludes halogenated alkanes) is 3. The summed E-state index contributed by atoms with van der Waals surface area (Å²) < 4.78 is 5.44. The molecule has 0 aromatic rings. The van der Waals surface area contributed by atoms with E-state index in [4.69, 9.17) is 4.74 Å². The van der Waals surface area contributed by atoms with Crippen molar-refractivity contribution in [2.24, 2.45) is 0 Å². The molecule has 102 valence electrons. The molecule has 0 aliphatic carbocycles. The molecule has 17 heavy (non-hydrogen) atoms. The molecular formula is C14H30N2O. The third-order valence-electron chi connectivity index (χ3n) is 3.48. The van der Waals surface area contributed by atoms with E-state index in [1.807, 2.05) is 0 Å². The molecule has 3 nitrogen and oxygen atoms in total. The number of nitrogens with one attached hydrogen (secondary N) is 1.